The van der Waals surface area contributed by atoms with E-state index in [4.69, 9.17) is 19.9 Å². The topological polar surface area (TPSA) is 105 Å². The van der Waals surface area contributed by atoms with Crippen LogP contribution in [0, 0.1) is 0 Å². The molecule has 2 N–H and O–H groups in total. The fraction of sp³-hybridized carbons (Fsp3) is 0.250. The fourth-order valence-corrected chi connectivity index (χ4v) is 11.0. The Balaban J connectivity index is 0.00000158. The number of phenols is 2. The van der Waals surface area contributed by atoms with Gasteiger partial charge >= 0.3 is 0 Å². The molecule has 1 saturated carbocycles. The van der Waals surface area contributed by atoms with Gasteiger partial charge in [0, 0.05) is 57.7 Å². The zero-order valence-corrected chi connectivity index (χ0v) is 45.4. The van der Waals surface area contributed by atoms with E-state index in [-0.39, 0.29) is 51.5 Å². The SMILES string of the molecule is CC(=O)[O-].CC(C)(C)c1cc(C(c2ccccc2)(c2ccccc2)c2ccccc2)cc(C=NC2CCCCC2N=Cc2cc(C(c3ccccc3)(c3ccccc3)c3ccccc3)cc(C(C)(C)C)c2O)c1O.[Mn]. The van der Waals surface area contributed by atoms with Gasteiger partial charge in [-0.15, -0.1) is 0 Å². The van der Waals surface area contributed by atoms with Crippen LogP contribution >= 0.6 is 0 Å². The number of carbonyl (C=O) groups is 1. The van der Waals surface area contributed by atoms with Crippen molar-refractivity contribution in [2.24, 2.45) is 9.98 Å². The molecule has 8 aromatic rings. The number of benzene rings is 8. The molecule has 7 heteroatoms. The van der Waals surface area contributed by atoms with E-state index in [0.717, 1.165) is 88.2 Å². The molecule has 0 heterocycles. The van der Waals surface area contributed by atoms with Gasteiger partial charge in [0.1, 0.15) is 11.5 Å². The van der Waals surface area contributed by atoms with Crippen LogP contribution in [-0.4, -0.2) is 40.7 Å². The van der Waals surface area contributed by atoms with Gasteiger partial charge in [0.25, 0.3) is 0 Å². The quantitative estimate of drug-likeness (QED) is 0.0722. The zero-order valence-electron chi connectivity index (χ0n) is 44.3. The number of carbonyl (C=O) groups excluding carboxylic acids is 1. The first-order valence-corrected chi connectivity index (χ1v) is 25.9. The smallest absolute Gasteiger partial charge is 0.128 e. The van der Waals surface area contributed by atoms with Crippen molar-refractivity contribution in [3.8, 4) is 11.5 Å². The van der Waals surface area contributed by atoms with Gasteiger partial charge in [-0.2, -0.15) is 0 Å². The van der Waals surface area contributed by atoms with Crippen molar-refractivity contribution in [2.45, 2.75) is 108 Å². The summed E-state index contributed by atoms with van der Waals surface area (Å²) in [4.78, 5) is 19.6. The summed E-state index contributed by atoms with van der Waals surface area (Å²) >= 11 is 0. The molecule has 1 aliphatic rings. The maximum atomic E-state index is 12.3. The minimum atomic E-state index is -1.08. The van der Waals surface area contributed by atoms with E-state index in [2.05, 4.69) is 248 Å². The van der Waals surface area contributed by atoms with Crippen molar-refractivity contribution in [1.29, 1.82) is 0 Å². The zero-order chi connectivity index (χ0) is 52.5. The molecule has 1 aliphatic carbocycles. The molecule has 0 aromatic heterocycles. The summed E-state index contributed by atoms with van der Waals surface area (Å²) in [5, 5.41) is 33.5. The summed E-state index contributed by atoms with van der Waals surface area (Å²) in [7, 11) is 0. The summed E-state index contributed by atoms with van der Waals surface area (Å²) in [6.45, 7) is 13.9. The molecule has 0 aliphatic heterocycles. The number of carboxylic acids is 1. The summed E-state index contributed by atoms with van der Waals surface area (Å²) < 4.78 is 0. The molecule has 1 radical (unpaired) electrons. The van der Waals surface area contributed by atoms with E-state index < -0.39 is 16.8 Å². The van der Waals surface area contributed by atoms with Gasteiger partial charge in [0.05, 0.1) is 22.9 Å². The maximum absolute atomic E-state index is 12.3. The van der Waals surface area contributed by atoms with Gasteiger partial charge in [0.2, 0.25) is 0 Å². The minimum absolute atomic E-state index is 0. The number of hydrogen-bond acceptors (Lipinski definition) is 6. The monoisotopic (exact) mass is 1030 g/mol. The normalized spacial score (nSPS) is 15.2. The number of aliphatic imine (C=N–C) groups is 2. The van der Waals surface area contributed by atoms with Crippen LogP contribution in [0.2, 0.25) is 0 Å². The van der Waals surface area contributed by atoms with Crippen LogP contribution in [0.5, 0.6) is 11.5 Å². The van der Waals surface area contributed by atoms with E-state index in [1.54, 1.807) is 0 Å². The van der Waals surface area contributed by atoms with Crippen LogP contribution in [0.3, 0.4) is 0 Å². The van der Waals surface area contributed by atoms with Crippen LogP contribution in [0.15, 0.2) is 216 Å². The number of hydrogen-bond donors (Lipinski definition) is 2. The van der Waals surface area contributed by atoms with Crippen LogP contribution in [0.25, 0.3) is 0 Å². The molecule has 2 unspecified atom stereocenters. The van der Waals surface area contributed by atoms with Crippen molar-refractivity contribution in [1.82, 2.24) is 0 Å². The van der Waals surface area contributed by atoms with Crippen molar-refractivity contribution in [3.63, 3.8) is 0 Å². The molecule has 0 bridgehead atoms. The van der Waals surface area contributed by atoms with E-state index in [1.165, 1.54) is 0 Å². The third kappa shape index (κ3) is 11.8. The van der Waals surface area contributed by atoms with Crippen LogP contribution in [0.4, 0.5) is 0 Å². The van der Waals surface area contributed by atoms with Crippen LogP contribution in [-0.2, 0) is 43.5 Å². The molecule has 9 rings (SSSR count). The van der Waals surface area contributed by atoms with Crippen molar-refractivity contribution >= 4 is 18.4 Å². The molecule has 0 spiro atoms. The average Bonchev–Trinajstić information content (AvgIpc) is 3.40. The van der Waals surface area contributed by atoms with Gasteiger partial charge in [-0.3, -0.25) is 9.98 Å². The molecule has 75 heavy (non-hydrogen) atoms. The van der Waals surface area contributed by atoms with E-state index >= 15 is 0 Å². The summed E-state index contributed by atoms with van der Waals surface area (Å²) in [6.07, 6.45) is 7.62. The molecule has 8 aromatic carbocycles. The number of carboxylic acid groups (broad SMARTS) is 1. The van der Waals surface area contributed by atoms with E-state index in [1.807, 2.05) is 12.4 Å². The summed E-state index contributed by atoms with van der Waals surface area (Å²) in [5.74, 6) is -0.594. The molecule has 0 amide bonds. The van der Waals surface area contributed by atoms with E-state index in [0.29, 0.717) is 11.1 Å². The molecular formula is C68H69MnN2O4-. The third-order valence-electron chi connectivity index (χ3n) is 14.5. The number of rotatable bonds is 12. The molecule has 1 fully saturated rings. The number of aromatic hydroxyl groups is 2. The number of aliphatic carboxylic acids is 1. The van der Waals surface area contributed by atoms with Crippen LogP contribution in [0.1, 0.15) is 141 Å². The molecule has 0 saturated heterocycles. The number of phenolic OH excluding ortho intramolecular Hbond substituents is 2. The fourth-order valence-electron chi connectivity index (χ4n) is 11.0. The van der Waals surface area contributed by atoms with Gasteiger partial charge in [-0.05, 0) is 99.4 Å². The molecule has 383 valence electrons. The van der Waals surface area contributed by atoms with Crippen molar-refractivity contribution < 1.29 is 37.2 Å². The van der Waals surface area contributed by atoms with Gasteiger partial charge in [-0.25, -0.2) is 0 Å². The van der Waals surface area contributed by atoms with Crippen LogP contribution < -0.4 is 5.11 Å². The Bertz CT molecular complexity index is 2770. The summed E-state index contributed by atoms with van der Waals surface area (Å²) in [5.41, 5.74) is 9.88. The molecule has 2 atom stereocenters. The first kappa shape index (κ1) is 55.4. The second-order valence-corrected chi connectivity index (χ2v) is 21.6. The van der Waals surface area contributed by atoms with Gasteiger partial charge in [0.15, 0.2) is 0 Å². The summed E-state index contributed by atoms with van der Waals surface area (Å²) in [6, 6.07) is 72.8. The third-order valence-corrected chi connectivity index (χ3v) is 14.5. The molecule has 6 nitrogen and oxygen atoms in total. The largest absolute Gasteiger partial charge is 0.550 e. The Morgan fingerprint density at radius 2 is 0.667 bits per heavy atom. The Morgan fingerprint density at radius 1 is 0.440 bits per heavy atom. The van der Waals surface area contributed by atoms with Crippen molar-refractivity contribution in [2.75, 3.05) is 0 Å². The van der Waals surface area contributed by atoms with Gasteiger partial charge in [-0.1, -0.05) is 236 Å². The minimum Gasteiger partial charge on any atom is -0.550 e. The first-order valence-electron chi connectivity index (χ1n) is 25.9. The average molecular weight is 1030 g/mol. The first-order chi connectivity index (χ1) is 35.6. The predicted octanol–water partition coefficient (Wildman–Crippen LogP) is 14.1. The Labute approximate surface area is 455 Å². The van der Waals surface area contributed by atoms with Gasteiger partial charge < -0.3 is 20.1 Å². The Morgan fingerprint density at radius 3 is 0.880 bits per heavy atom. The molecular weight excluding hydrogens is 964 g/mol. The Hall–Kier alpha value is -7.31. The predicted molar refractivity (Wildman–Crippen MR) is 302 cm³/mol. The second-order valence-electron chi connectivity index (χ2n) is 21.6. The van der Waals surface area contributed by atoms with E-state index in [9.17, 15) is 10.2 Å². The maximum Gasteiger partial charge on any atom is 0.128 e. The standard InChI is InChI=1S/C66H66N2O2.C2H4O2.Mn/c1-63(2,3)57-43-55(65(49-27-13-7-14-28-49,50-29-15-8-16-30-50)51-31-17-9-18-32-51)41-47(61(57)69)45-67-59-39-25-26-40-60(59)68-46-48-42-56(44-58(62(48)70)64(4,5)6)66(52-33-19-10-20-34-52,53-35-21-11-22-36-53)54-37-23-12-24-38-54;1-2(3)4;/h7-24,27-38,41-46,59-60,69-70H,25-26,39-40H2,1-6H3;1H3,(H,3,4);/p-1. The Kier molecular flexibility index (Phi) is 17.7. The van der Waals surface area contributed by atoms with Crippen molar-refractivity contribution in [3.05, 3.63) is 273 Å². The second kappa shape index (κ2) is 23.9. The number of nitrogens with zero attached hydrogens (tertiary/aromatic N) is 2.